The Bertz CT molecular complexity index is 779. The predicted molar refractivity (Wildman–Crippen MR) is 115 cm³/mol. The number of carbonyl (C=O) groups is 1. The van der Waals surface area contributed by atoms with E-state index in [2.05, 4.69) is 25.0 Å². The zero-order chi connectivity index (χ0) is 20.2. The first-order chi connectivity index (χ1) is 14.1. The molecule has 29 heavy (non-hydrogen) atoms. The first-order valence-corrected chi connectivity index (χ1v) is 10.9. The highest BCUT2D eigenvalue weighted by Crippen LogP contribution is 2.28. The maximum Gasteiger partial charge on any atom is 0.298 e. The highest BCUT2D eigenvalue weighted by Gasteiger charge is 2.32. The number of hydrogen-bond donors (Lipinski definition) is 1. The van der Waals surface area contributed by atoms with Gasteiger partial charge in [-0.2, -0.15) is 4.98 Å². The van der Waals surface area contributed by atoms with E-state index in [1.165, 1.54) is 0 Å². The molecule has 1 N–H and O–H groups in total. The molecular formula is C22H33N5O2. The lowest BCUT2D eigenvalue weighted by molar-refractivity contribution is -0.127. The Balaban J connectivity index is 1.28. The number of aromatic nitrogens is 1. The number of hydrogen-bond acceptors (Lipinski definition) is 6. The molecule has 2 aliphatic heterocycles. The molecule has 158 valence electrons. The van der Waals surface area contributed by atoms with E-state index < -0.39 is 0 Å². The van der Waals surface area contributed by atoms with Crippen molar-refractivity contribution < 1.29 is 9.21 Å². The molecule has 1 aromatic carbocycles. The maximum atomic E-state index is 12.5. The maximum absolute atomic E-state index is 12.5. The fourth-order valence-corrected chi connectivity index (χ4v) is 4.52. The smallest absolute Gasteiger partial charge is 0.298 e. The summed E-state index contributed by atoms with van der Waals surface area (Å²) in [6.45, 7) is 5.51. The molecule has 0 radical (unpaired) electrons. The lowest BCUT2D eigenvalue weighted by Crippen LogP contribution is -2.51. The molecule has 7 heteroatoms. The summed E-state index contributed by atoms with van der Waals surface area (Å²) in [6, 6.07) is 9.22. The summed E-state index contributed by atoms with van der Waals surface area (Å²) in [5.41, 5.74) is 1.77. The number of anilines is 1. The number of carbonyl (C=O) groups excluding carboxylic acids is 1. The number of rotatable bonds is 6. The van der Waals surface area contributed by atoms with Crippen molar-refractivity contribution in [2.45, 2.75) is 31.7 Å². The summed E-state index contributed by atoms with van der Waals surface area (Å²) in [4.78, 5) is 24.1. The Morgan fingerprint density at radius 3 is 2.76 bits per heavy atom. The minimum absolute atomic E-state index is 0.126. The quantitative estimate of drug-likeness (QED) is 0.803. The lowest BCUT2D eigenvalue weighted by Gasteiger charge is -2.41. The van der Waals surface area contributed by atoms with Crippen LogP contribution in [0.3, 0.4) is 0 Å². The van der Waals surface area contributed by atoms with Gasteiger partial charge in [-0.15, -0.1) is 0 Å². The van der Waals surface area contributed by atoms with E-state index >= 15 is 0 Å². The fraction of sp³-hybridized carbons (Fsp3) is 0.636. The Kier molecular flexibility index (Phi) is 6.35. The number of likely N-dealkylation sites (N-methyl/N-ethyl adjacent to an activating group) is 1. The molecule has 2 aromatic rings. The van der Waals surface area contributed by atoms with Gasteiger partial charge in [-0.1, -0.05) is 12.1 Å². The topological polar surface area (TPSA) is 64.9 Å². The molecule has 3 heterocycles. The molecule has 1 amide bonds. The number of benzene rings is 1. The molecular weight excluding hydrogens is 366 g/mol. The van der Waals surface area contributed by atoms with Crippen LogP contribution in [0.15, 0.2) is 28.7 Å². The van der Waals surface area contributed by atoms with Crippen molar-refractivity contribution in [2.24, 2.45) is 5.92 Å². The highest BCUT2D eigenvalue weighted by atomic mass is 16.4. The Hall–Kier alpha value is -2.12. The van der Waals surface area contributed by atoms with Crippen molar-refractivity contribution in [2.75, 3.05) is 58.3 Å². The molecule has 0 unspecified atom stereocenters. The fourth-order valence-electron chi connectivity index (χ4n) is 4.52. The molecule has 1 atom stereocenters. The van der Waals surface area contributed by atoms with Gasteiger partial charge in [-0.05, 0) is 58.5 Å². The van der Waals surface area contributed by atoms with Crippen LogP contribution in [0.25, 0.3) is 11.1 Å². The van der Waals surface area contributed by atoms with Gasteiger partial charge in [0.15, 0.2) is 5.58 Å². The number of fused-ring (bicyclic) bond motifs is 1. The van der Waals surface area contributed by atoms with E-state index in [9.17, 15) is 4.79 Å². The van der Waals surface area contributed by atoms with Crippen LogP contribution in [0.2, 0.25) is 0 Å². The zero-order valence-corrected chi connectivity index (χ0v) is 17.6. The van der Waals surface area contributed by atoms with E-state index in [0.717, 1.165) is 82.1 Å². The summed E-state index contributed by atoms with van der Waals surface area (Å²) in [6.07, 6.45) is 4.30. The summed E-state index contributed by atoms with van der Waals surface area (Å²) in [5.74, 6) is 0.349. The second-order valence-electron chi connectivity index (χ2n) is 8.61. The number of amides is 1. The summed E-state index contributed by atoms with van der Waals surface area (Å²) in [5, 5.41) is 3.11. The third kappa shape index (κ3) is 4.90. The zero-order valence-electron chi connectivity index (χ0n) is 17.6. The molecule has 2 fully saturated rings. The molecule has 0 saturated carbocycles. The van der Waals surface area contributed by atoms with Gasteiger partial charge in [0.1, 0.15) is 5.52 Å². The van der Waals surface area contributed by atoms with E-state index in [1.807, 2.05) is 38.4 Å². The number of nitrogens with one attached hydrogen (secondary N) is 1. The van der Waals surface area contributed by atoms with Crippen LogP contribution in [0, 0.1) is 5.92 Å². The number of oxazole rings is 1. The monoisotopic (exact) mass is 399 g/mol. The van der Waals surface area contributed by atoms with Crippen LogP contribution in [-0.2, 0) is 4.79 Å². The van der Waals surface area contributed by atoms with Crippen molar-refractivity contribution in [1.29, 1.82) is 0 Å². The number of likely N-dealkylation sites (tertiary alicyclic amines) is 1. The van der Waals surface area contributed by atoms with Crippen LogP contribution in [0.1, 0.15) is 25.7 Å². The third-order valence-corrected chi connectivity index (χ3v) is 6.22. The molecule has 2 saturated heterocycles. The van der Waals surface area contributed by atoms with Crippen LogP contribution >= 0.6 is 0 Å². The summed E-state index contributed by atoms with van der Waals surface area (Å²) >= 11 is 0. The highest BCUT2D eigenvalue weighted by molar-refractivity contribution is 5.79. The third-order valence-electron chi connectivity index (χ3n) is 6.22. The Morgan fingerprint density at radius 2 is 2.00 bits per heavy atom. The number of piperidine rings is 2. The Labute approximate surface area is 173 Å². The second kappa shape index (κ2) is 9.13. The first-order valence-electron chi connectivity index (χ1n) is 10.9. The first kappa shape index (κ1) is 20.2. The SMILES string of the molecule is CN(C)CCNC(=O)[C@@H]1CCCN(C2CCN(c3nc4ccccc4o3)CC2)C1. The van der Waals surface area contributed by atoms with Gasteiger partial charge >= 0.3 is 0 Å². The lowest BCUT2D eigenvalue weighted by atomic mass is 9.93. The van der Waals surface area contributed by atoms with E-state index in [-0.39, 0.29) is 11.8 Å². The molecule has 0 bridgehead atoms. The summed E-state index contributed by atoms with van der Waals surface area (Å²) in [7, 11) is 4.06. The molecule has 2 aliphatic rings. The van der Waals surface area contributed by atoms with Gasteiger partial charge in [0, 0.05) is 38.8 Å². The van der Waals surface area contributed by atoms with Gasteiger partial charge in [0.25, 0.3) is 6.01 Å². The van der Waals surface area contributed by atoms with Gasteiger partial charge in [0.05, 0.1) is 5.92 Å². The van der Waals surface area contributed by atoms with E-state index in [0.29, 0.717) is 6.04 Å². The normalized spacial score (nSPS) is 21.8. The van der Waals surface area contributed by atoms with Crippen LogP contribution < -0.4 is 10.2 Å². The molecule has 1 aromatic heterocycles. The summed E-state index contributed by atoms with van der Waals surface area (Å²) < 4.78 is 5.94. The molecule has 7 nitrogen and oxygen atoms in total. The molecule has 4 rings (SSSR count). The largest absolute Gasteiger partial charge is 0.423 e. The number of para-hydroxylation sites is 2. The predicted octanol–water partition coefficient (Wildman–Crippen LogP) is 2.19. The van der Waals surface area contributed by atoms with Crippen molar-refractivity contribution in [3.05, 3.63) is 24.3 Å². The van der Waals surface area contributed by atoms with E-state index in [1.54, 1.807) is 0 Å². The molecule has 0 aliphatic carbocycles. The average molecular weight is 400 g/mol. The Morgan fingerprint density at radius 1 is 1.21 bits per heavy atom. The average Bonchev–Trinajstić information content (AvgIpc) is 3.18. The minimum atomic E-state index is 0.126. The van der Waals surface area contributed by atoms with Crippen molar-refractivity contribution in [1.82, 2.24) is 20.1 Å². The molecule has 0 spiro atoms. The minimum Gasteiger partial charge on any atom is -0.423 e. The number of nitrogens with zero attached hydrogens (tertiary/aromatic N) is 4. The van der Waals surface area contributed by atoms with Gasteiger partial charge in [-0.3, -0.25) is 9.69 Å². The van der Waals surface area contributed by atoms with Crippen LogP contribution in [0.4, 0.5) is 6.01 Å². The second-order valence-corrected chi connectivity index (χ2v) is 8.61. The van der Waals surface area contributed by atoms with Gasteiger partial charge in [-0.25, -0.2) is 0 Å². The van der Waals surface area contributed by atoms with Gasteiger partial charge < -0.3 is 19.5 Å². The van der Waals surface area contributed by atoms with Crippen LogP contribution in [0.5, 0.6) is 0 Å². The van der Waals surface area contributed by atoms with Gasteiger partial charge in [0.2, 0.25) is 5.91 Å². The van der Waals surface area contributed by atoms with Crippen LogP contribution in [-0.4, -0.2) is 80.1 Å². The van der Waals surface area contributed by atoms with E-state index in [4.69, 9.17) is 4.42 Å². The van der Waals surface area contributed by atoms with Crippen molar-refractivity contribution in [3.8, 4) is 0 Å². The van der Waals surface area contributed by atoms with Crippen molar-refractivity contribution >= 4 is 23.0 Å². The van der Waals surface area contributed by atoms with Crippen molar-refractivity contribution in [3.63, 3.8) is 0 Å². The standard InChI is InChI=1S/C22H33N5O2/c1-25(2)15-11-23-21(28)17-6-5-12-27(16-17)18-9-13-26(14-10-18)22-24-19-7-3-4-8-20(19)29-22/h3-4,7-8,17-18H,5-6,9-16H2,1-2H3,(H,23,28)/t17-/m1/s1.